The van der Waals surface area contributed by atoms with E-state index in [1.54, 1.807) is 0 Å². The number of rotatable bonds is 1. The maximum atomic E-state index is 3.83. The molecule has 0 saturated heterocycles. The third-order valence-corrected chi connectivity index (χ3v) is 4.60. The van der Waals surface area contributed by atoms with E-state index in [2.05, 4.69) is 19.6 Å². The Labute approximate surface area is 54.4 Å². The number of hydrogen-bond acceptors (Lipinski definition) is 0. The van der Waals surface area contributed by atoms with Gasteiger partial charge in [-0.05, 0) is 17.4 Å². The van der Waals surface area contributed by atoms with E-state index in [4.69, 9.17) is 0 Å². The Hall–Kier alpha value is -0.0431. The normalized spacial score (nSPS) is 45.9. The first-order valence-corrected chi connectivity index (χ1v) is 4.48. The second-order valence-corrected chi connectivity index (χ2v) is 4.54. The molecule has 0 heterocycles. The molecule has 1 fully saturated rings. The van der Waals surface area contributed by atoms with Crippen molar-refractivity contribution >= 4 is 10.2 Å². The van der Waals surface area contributed by atoms with Crippen LogP contribution in [-0.2, 0) is 0 Å². The Morgan fingerprint density at radius 2 is 2.50 bits per heavy atom. The van der Waals surface area contributed by atoms with Gasteiger partial charge in [0, 0.05) is 10.2 Å². The summed E-state index contributed by atoms with van der Waals surface area (Å²) < 4.78 is 0. The Kier molecular flexibility index (Phi) is 1.31. The van der Waals surface area contributed by atoms with Crippen molar-refractivity contribution in [1.29, 1.82) is 0 Å². The van der Waals surface area contributed by atoms with Crippen LogP contribution >= 0.6 is 0 Å². The minimum atomic E-state index is 0.548. The van der Waals surface area contributed by atoms with Gasteiger partial charge in [0.1, 0.15) is 0 Å². The monoisotopic (exact) mass is 126 g/mol. The molecule has 1 aliphatic carbocycles. The van der Waals surface area contributed by atoms with E-state index in [1.807, 2.05) is 0 Å². The molecule has 0 amide bonds. The van der Waals surface area contributed by atoms with Gasteiger partial charge in [0.15, 0.2) is 0 Å². The van der Waals surface area contributed by atoms with Gasteiger partial charge < -0.3 is 0 Å². The molecular formula is C7H14Si. The molecule has 1 heteroatoms. The van der Waals surface area contributed by atoms with E-state index in [-0.39, 0.29) is 0 Å². The molecule has 46 valence electrons. The van der Waals surface area contributed by atoms with Crippen molar-refractivity contribution in [2.45, 2.75) is 25.3 Å². The van der Waals surface area contributed by atoms with E-state index >= 15 is 0 Å². The van der Waals surface area contributed by atoms with E-state index in [0.717, 1.165) is 5.54 Å². The van der Waals surface area contributed by atoms with E-state index in [0.29, 0.717) is 5.41 Å². The second kappa shape index (κ2) is 1.73. The topological polar surface area (TPSA) is 0 Å². The van der Waals surface area contributed by atoms with Crippen LogP contribution in [0.25, 0.3) is 0 Å². The van der Waals surface area contributed by atoms with Crippen molar-refractivity contribution in [3.05, 3.63) is 12.7 Å². The summed E-state index contributed by atoms with van der Waals surface area (Å²) in [5, 5.41) is 0. The lowest BCUT2D eigenvalue weighted by Gasteiger charge is -2.43. The fraction of sp³-hybridized carbons (Fsp3) is 0.714. The third-order valence-electron chi connectivity index (χ3n) is 2.71. The zero-order chi connectivity index (χ0) is 6.20. The Balaban J connectivity index is 2.54. The molecule has 0 radical (unpaired) electrons. The molecule has 0 aromatic heterocycles. The van der Waals surface area contributed by atoms with Gasteiger partial charge in [0.2, 0.25) is 0 Å². The first-order chi connectivity index (χ1) is 3.69. The van der Waals surface area contributed by atoms with Crippen LogP contribution in [0.15, 0.2) is 12.7 Å². The molecule has 0 aromatic carbocycles. The summed E-state index contributed by atoms with van der Waals surface area (Å²) in [7, 11) is 1.35. The fourth-order valence-corrected chi connectivity index (χ4v) is 2.00. The van der Waals surface area contributed by atoms with Crippen LogP contribution in [0.5, 0.6) is 0 Å². The van der Waals surface area contributed by atoms with Gasteiger partial charge in [-0.25, -0.2) is 0 Å². The smallest absolute Gasteiger partial charge is 0.00782 e. The van der Waals surface area contributed by atoms with E-state index in [9.17, 15) is 0 Å². The van der Waals surface area contributed by atoms with Gasteiger partial charge in [0.25, 0.3) is 0 Å². The molecule has 8 heavy (non-hydrogen) atoms. The summed E-state index contributed by atoms with van der Waals surface area (Å²) in [6.45, 7) is 6.15. The van der Waals surface area contributed by atoms with Crippen LogP contribution in [-0.4, -0.2) is 10.2 Å². The Bertz CT molecular complexity index is 109. The highest BCUT2D eigenvalue weighted by Gasteiger charge is 2.35. The molecule has 0 N–H and O–H groups in total. The zero-order valence-corrected chi connectivity index (χ0v) is 7.78. The fourth-order valence-electron chi connectivity index (χ4n) is 1.19. The predicted molar refractivity (Wildman–Crippen MR) is 41.2 cm³/mol. The summed E-state index contributed by atoms with van der Waals surface area (Å²) in [5.41, 5.74) is 1.56. The molecule has 1 rings (SSSR count). The molecule has 2 unspecified atom stereocenters. The lowest BCUT2D eigenvalue weighted by molar-refractivity contribution is 0.236. The average Bonchev–Trinajstić information content (AvgIpc) is 1.83. The highest BCUT2D eigenvalue weighted by atomic mass is 28.1. The maximum Gasteiger partial charge on any atom is 0.00782 e. The van der Waals surface area contributed by atoms with E-state index < -0.39 is 0 Å². The van der Waals surface area contributed by atoms with E-state index in [1.165, 1.54) is 23.1 Å². The molecule has 0 spiro atoms. The van der Waals surface area contributed by atoms with Crippen LogP contribution in [0, 0.1) is 5.41 Å². The molecule has 0 aromatic rings. The highest BCUT2D eigenvalue weighted by Crippen LogP contribution is 2.49. The SMILES string of the molecule is C=CC1(C)CCC1[SiH3]. The minimum Gasteiger partial charge on any atom is -0.103 e. The quantitative estimate of drug-likeness (QED) is 0.365. The third kappa shape index (κ3) is 0.654. The van der Waals surface area contributed by atoms with Crippen LogP contribution < -0.4 is 0 Å². The van der Waals surface area contributed by atoms with Crippen LogP contribution in [0.3, 0.4) is 0 Å². The van der Waals surface area contributed by atoms with Gasteiger partial charge >= 0.3 is 0 Å². The van der Waals surface area contributed by atoms with Crippen LogP contribution in [0.1, 0.15) is 19.8 Å². The van der Waals surface area contributed by atoms with Gasteiger partial charge in [-0.2, -0.15) is 0 Å². The summed E-state index contributed by atoms with van der Waals surface area (Å²) in [5.74, 6) is 0. The Morgan fingerprint density at radius 3 is 2.50 bits per heavy atom. The first-order valence-electron chi connectivity index (χ1n) is 3.32. The molecule has 0 nitrogen and oxygen atoms in total. The lowest BCUT2D eigenvalue weighted by Crippen LogP contribution is -2.30. The number of allylic oxidation sites excluding steroid dienone is 1. The van der Waals surface area contributed by atoms with Crippen LogP contribution in [0.2, 0.25) is 5.54 Å². The molecule has 1 saturated carbocycles. The largest absolute Gasteiger partial charge is 0.103 e. The van der Waals surface area contributed by atoms with Crippen LogP contribution in [0.4, 0.5) is 0 Å². The summed E-state index contributed by atoms with van der Waals surface area (Å²) in [6, 6.07) is 0. The van der Waals surface area contributed by atoms with Crippen molar-refractivity contribution in [2.75, 3.05) is 0 Å². The average molecular weight is 126 g/mol. The maximum absolute atomic E-state index is 3.83. The standard InChI is InChI=1S/C7H14Si/c1-3-7(2)5-4-6(7)8/h3,6H,1,4-5H2,2,8H3. The predicted octanol–water partition coefficient (Wildman–Crippen LogP) is 1.13. The second-order valence-electron chi connectivity index (χ2n) is 3.15. The molecule has 0 bridgehead atoms. The number of hydrogen-bond donors (Lipinski definition) is 0. The van der Waals surface area contributed by atoms with Crippen molar-refractivity contribution in [2.24, 2.45) is 5.41 Å². The van der Waals surface area contributed by atoms with Gasteiger partial charge in [0.05, 0.1) is 0 Å². The zero-order valence-electron chi connectivity index (χ0n) is 5.78. The molecule has 0 aliphatic heterocycles. The minimum absolute atomic E-state index is 0.548. The van der Waals surface area contributed by atoms with Gasteiger partial charge in [-0.1, -0.05) is 19.4 Å². The highest BCUT2D eigenvalue weighted by molar-refractivity contribution is 6.13. The van der Waals surface area contributed by atoms with Crippen molar-refractivity contribution in [1.82, 2.24) is 0 Å². The first kappa shape index (κ1) is 6.08. The summed E-state index contributed by atoms with van der Waals surface area (Å²) in [4.78, 5) is 0. The summed E-state index contributed by atoms with van der Waals surface area (Å²) in [6.07, 6.45) is 4.97. The van der Waals surface area contributed by atoms with Crippen molar-refractivity contribution in [3.8, 4) is 0 Å². The summed E-state index contributed by atoms with van der Waals surface area (Å²) >= 11 is 0. The lowest BCUT2D eigenvalue weighted by atomic mass is 9.70. The Morgan fingerprint density at radius 1 is 1.88 bits per heavy atom. The molecular weight excluding hydrogens is 112 g/mol. The van der Waals surface area contributed by atoms with Crippen molar-refractivity contribution in [3.63, 3.8) is 0 Å². The van der Waals surface area contributed by atoms with Gasteiger partial charge in [-0.3, -0.25) is 0 Å². The van der Waals surface area contributed by atoms with Crippen molar-refractivity contribution < 1.29 is 0 Å². The molecule has 2 atom stereocenters. The van der Waals surface area contributed by atoms with Gasteiger partial charge in [-0.15, -0.1) is 6.58 Å². The molecule has 1 aliphatic rings.